The lowest BCUT2D eigenvalue weighted by Crippen LogP contribution is -2.25. The van der Waals surface area contributed by atoms with Gasteiger partial charge in [0.05, 0.1) is 0 Å². The first-order valence-electron chi connectivity index (χ1n) is 10.2. The molecular formula is C28H20BrNO. The third-order valence-corrected chi connectivity index (χ3v) is 6.10. The van der Waals surface area contributed by atoms with Crippen molar-refractivity contribution >= 4 is 33.1 Å². The normalized spacial score (nSPS) is 15.2. The maximum absolute atomic E-state index is 13.8. The number of anilines is 2. The Morgan fingerprint density at radius 1 is 0.742 bits per heavy atom. The summed E-state index contributed by atoms with van der Waals surface area (Å²) in [6.45, 7) is 0. The topological polar surface area (TPSA) is 20.3 Å². The molecule has 0 bridgehead atoms. The van der Waals surface area contributed by atoms with Crippen LogP contribution in [0.1, 0.15) is 27.4 Å². The molecule has 1 atom stereocenters. The first-order chi connectivity index (χ1) is 15.2. The molecule has 4 aromatic carbocycles. The van der Waals surface area contributed by atoms with Crippen LogP contribution < -0.4 is 4.90 Å². The highest BCUT2D eigenvalue weighted by molar-refractivity contribution is 9.10. The lowest BCUT2D eigenvalue weighted by Gasteiger charge is -2.34. The summed E-state index contributed by atoms with van der Waals surface area (Å²) < 4.78 is 0.895. The number of rotatable bonds is 4. The number of para-hydroxylation sites is 2. The molecule has 1 heterocycles. The van der Waals surface area contributed by atoms with Crippen molar-refractivity contribution in [1.82, 2.24) is 0 Å². The zero-order chi connectivity index (χ0) is 21.2. The van der Waals surface area contributed by atoms with Crippen LogP contribution >= 0.6 is 15.9 Å². The molecule has 1 aliphatic heterocycles. The molecule has 0 saturated heterocycles. The van der Waals surface area contributed by atoms with Crippen molar-refractivity contribution in [3.8, 4) is 0 Å². The first-order valence-corrected chi connectivity index (χ1v) is 11.0. The molecule has 4 aromatic rings. The van der Waals surface area contributed by atoms with Crippen LogP contribution in [0.15, 0.2) is 125 Å². The standard InChI is InChI=1S/C28H20BrNO/c29-22-13-9-12-21(18-22)28(31)25-19-30(23-14-5-2-6-15-23)26-17-8-7-16-24(26)27(25)20-10-3-1-4-11-20/h1-19,27H. The van der Waals surface area contributed by atoms with Crippen molar-refractivity contribution in [2.45, 2.75) is 5.92 Å². The molecule has 31 heavy (non-hydrogen) atoms. The molecule has 3 heteroatoms. The molecule has 5 rings (SSSR count). The van der Waals surface area contributed by atoms with Gasteiger partial charge in [0.15, 0.2) is 5.78 Å². The van der Waals surface area contributed by atoms with E-state index in [2.05, 4.69) is 57.2 Å². The van der Waals surface area contributed by atoms with Gasteiger partial charge in [-0.2, -0.15) is 0 Å². The number of carbonyl (C=O) groups excluding carboxylic acids is 1. The van der Waals surface area contributed by atoms with E-state index in [-0.39, 0.29) is 11.7 Å². The van der Waals surface area contributed by atoms with Gasteiger partial charge in [-0.15, -0.1) is 0 Å². The predicted octanol–water partition coefficient (Wildman–Crippen LogP) is 7.50. The number of allylic oxidation sites excluding steroid dienone is 1. The van der Waals surface area contributed by atoms with Gasteiger partial charge < -0.3 is 4.90 Å². The molecule has 0 amide bonds. The number of Topliss-reactive ketones (excluding diaryl/α,β-unsaturated/α-hetero) is 1. The summed E-state index contributed by atoms with van der Waals surface area (Å²) in [6, 6.07) is 36.4. The smallest absolute Gasteiger partial charge is 0.191 e. The van der Waals surface area contributed by atoms with Crippen LogP contribution in [0.5, 0.6) is 0 Å². The monoisotopic (exact) mass is 465 g/mol. The van der Waals surface area contributed by atoms with Crippen LogP contribution in [0.25, 0.3) is 0 Å². The van der Waals surface area contributed by atoms with Gasteiger partial charge in [-0.1, -0.05) is 94.8 Å². The van der Waals surface area contributed by atoms with Gasteiger partial charge in [-0.25, -0.2) is 0 Å². The molecule has 150 valence electrons. The molecule has 0 N–H and O–H groups in total. The third-order valence-electron chi connectivity index (χ3n) is 5.60. The quantitative estimate of drug-likeness (QED) is 0.290. The Balaban J connectivity index is 1.73. The maximum atomic E-state index is 13.8. The number of nitrogens with zero attached hydrogens (tertiary/aromatic N) is 1. The number of halogens is 1. The van der Waals surface area contributed by atoms with E-state index >= 15 is 0 Å². The minimum atomic E-state index is -0.135. The number of hydrogen-bond donors (Lipinski definition) is 0. The minimum absolute atomic E-state index is 0.0330. The fourth-order valence-electron chi connectivity index (χ4n) is 4.19. The second-order valence-corrected chi connectivity index (χ2v) is 8.45. The van der Waals surface area contributed by atoms with Crippen LogP contribution in [0.4, 0.5) is 11.4 Å². The number of fused-ring (bicyclic) bond motifs is 1. The second-order valence-electron chi connectivity index (χ2n) is 7.53. The van der Waals surface area contributed by atoms with E-state index < -0.39 is 0 Å². The van der Waals surface area contributed by atoms with E-state index in [1.165, 1.54) is 0 Å². The lowest BCUT2D eigenvalue weighted by molar-refractivity contribution is 0.102. The van der Waals surface area contributed by atoms with Gasteiger partial charge >= 0.3 is 0 Å². The van der Waals surface area contributed by atoms with Crippen molar-refractivity contribution in [2.75, 3.05) is 4.90 Å². The van der Waals surface area contributed by atoms with Crippen LogP contribution in [0, 0.1) is 0 Å². The third kappa shape index (κ3) is 3.73. The molecular weight excluding hydrogens is 446 g/mol. The highest BCUT2D eigenvalue weighted by atomic mass is 79.9. The van der Waals surface area contributed by atoms with Crippen molar-refractivity contribution in [2.24, 2.45) is 0 Å². The van der Waals surface area contributed by atoms with Crippen LogP contribution in [0.2, 0.25) is 0 Å². The fraction of sp³-hybridized carbons (Fsp3) is 0.0357. The molecule has 0 fully saturated rings. The Bertz CT molecular complexity index is 1260. The molecule has 0 aromatic heterocycles. The van der Waals surface area contributed by atoms with Gasteiger partial charge in [-0.3, -0.25) is 4.79 Å². The molecule has 2 nitrogen and oxygen atoms in total. The summed E-state index contributed by atoms with van der Waals surface area (Å²) in [5.41, 5.74) is 5.78. The summed E-state index contributed by atoms with van der Waals surface area (Å²) in [4.78, 5) is 15.9. The SMILES string of the molecule is O=C(C1=CN(c2ccccc2)c2ccccc2C1c1ccccc1)c1cccc(Br)c1. The number of carbonyl (C=O) groups is 1. The molecule has 0 spiro atoms. The van der Waals surface area contributed by atoms with Gasteiger partial charge in [0, 0.05) is 39.1 Å². The molecule has 1 aliphatic rings. The molecule has 1 unspecified atom stereocenters. The van der Waals surface area contributed by atoms with E-state index in [1.54, 1.807) is 0 Å². The predicted molar refractivity (Wildman–Crippen MR) is 130 cm³/mol. The summed E-state index contributed by atoms with van der Waals surface area (Å²) >= 11 is 3.51. The first kappa shape index (κ1) is 19.5. The zero-order valence-electron chi connectivity index (χ0n) is 16.8. The van der Waals surface area contributed by atoms with E-state index in [4.69, 9.17) is 0 Å². The van der Waals surface area contributed by atoms with Crippen LogP contribution in [-0.2, 0) is 0 Å². The average molecular weight is 466 g/mol. The Morgan fingerprint density at radius 2 is 1.42 bits per heavy atom. The maximum Gasteiger partial charge on any atom is 0.191 e. The fourth-order valence-corrected chi connectivity index (χ4v) is 4.59. The zero-order valence-corrected chi connectivity index (χ0v) is 18.4. The Kier molecular flexibility index (Phi) is 5.27. The van der Waals surface area contributed by atoms with Crippen molar-refractivity contribution in [3.63, 3.8) is 0 Å². The van der Waals surface area contributed by atoms with E-state index in [1.807, 2.05) is 79.0 Å². The molecule has 0 saturated carbocycles. The van der Waals surface area contributed by atoms with Gasteiger partial charge in [0.25, 0.3) is 0 Å². The van der Waals surface area contributed by atoms with Crippen LogP contribution in [0.3, 0.4) is 0 Å². The van der Waals surface area contributed by atoms with E-state index in [0.717, 1.165) is 32.5 Å². The summed E-state index contributed by atoms with van der Waals surface area (Å²) in [6.07, 6.45) is 2.01. The number of benzene rings is 4. The Morgan fingerprint density at radius 3 is 2.16 bits per heavy atom. The van der Waals surface area contributed by atoms with Crippen molar-refractivity contribution in [3.05, 3.63) is 142 Å². The largest absolute Gasteiger partial charge is 0.316 e. The van der Waals surface area contributed by atoms with Gasteiger partial charge in [0.2, 0.25) is 0 Å². The second kappa shape index (κ2) is 8.37. The molecule has 0 radical (unpaired) electrons. The number of ketones is 1. The van der Waals surface area contributed by atoms with Crippen molar-refractivity contribution < 1.29 is 4.79 Å². The lowest BCUT2D eigenvalue weighted by atomic mass is 9.79. The van der Waals surface area contributed by atoms with E-state index in [9.17, 15) is 4.79 Å². The van der Waals surface area contributed by atoms with Crippen LogP contribution in [-0.4, -0.2) is 5.78 Å². The van der Waals surface area contributed by atoms with Crippen molar-refractivity contribution in [1.29, 1.82) is 0 Å². The Labute approximate surface area is 190 Å². The van der Waals surface area contributed by atoms with Gasteiger partial charge in [0.1, 0.15) is 0 Å². The highest BCUT2D eigenvalue weighted by Crippen LogP contribution is 2.45. The summed E-state index contributed by atoms with van der Waals surface area (Å²) in [5, 5.41) is 0. The summed E-state index contributed by atoms with van der Waals surface area (Å²) in [7, 11) is 0. The highest BCUT2D eigenvalue weighted by Gasteiger charge is 2.33. The Hall–Kier alpha value is -3.43. The minimum Gasteiger partial charge on any atom is -0.316 e. The molecule has 0 aliphatic carbocycles. The average Bonchev–Trinajstić information content (AvgIpc) is 2.83. The summed E-state index contributed by atoms with van der Waals surface area (Å²) in [5.74, 6) is -0.102. The van der Waals surface area contributed by atoms with E-state index in [0.29, 0.717) is 5.56 Å². The number of hydrogen-bond acceptors (Lipinski definition) is 2. The van der Waals surface area contributed by atoms with Gasteiger partial charge in [-0.05, 0) is 41.5 Å².